The lowest BCUT2D eigenvalue weighted by molar-refractivity contribution is 0.205. The summed E-state index contributed by atoms with van der Waals surface area (Å²) in [5.74, 6) is 0. The molecule has 0 fully saturated rings. The molecule has 0 saturated heterocycles. The monoisotopic (exact) mass is 416 g/mol. The minimum atomic E-state index is -3.69. The van der Waals surface area contributed by atoms with Crippen molar-refractivity contribution in [3.63, 3.8) is 0 Å². The molecule has 2 aromatic carbocycles. The van der Waals surface area contributed by atoms with Crippen LogP contribution in [0.2, 0.25) is 0 Å². The van der Waals surface area contributed by atoms with Gasteiger partial charge >= 0.3 is 0 Å². The third-order valence-corrected chi connectivity index (χ3v) is 7.97. The molecule has 158 valence electrons. The van der Waals surface area contributed by atoms with Crippen LogP contribution in [0.3, 0.4) is 0 Å². The summed E-state index contributed by atoms with van der Waals surface area (Å²) < 4.78 is 34.7. The molecule has 0 atom stereocenters. The van der Waals surface area contributed by atoms with Crippen LogP contribution in [-0.2, 0) is 21.2 Å². The van der Waals surface area contributed by atoms with Crippen molar-refractivity contribution in [1.82, 2.24) is 0 Å². The molecule has 3 rings (SSSR count). The van der Waals surface area contributed by atoms with Gasteiger partial charge in [-0.3, -0.25) is 4.72 Å². The highest BCUT2D eigenvalue weighted by atomic mass is 32.2. The lowest BCUT2D eigenvalue weighted by Crippen LogP contribution is -2.32. The molecule has 2 aromatic rings. The molecule has 0 saturated carbocycles. The molecule has 1 N–H and O–H groups in total. The van der Waals surface area contributed by atoms with Crippen LogP contribution in [0.4, 0.5) is 11.4 Å². The van der Waals surface area contributed by atoms with Crippen molar-refractivity contribution >= 4 is 21.4 Å². The molecule has 0 aromatic heterocycles. The molecule has 1 aliphatic heterocycles. The fraction of sp³-hybridized carbons (Fsp3) is 0.478. The molecule has 0 radical (unpaired) electrons. The number of hydrogen-bond donors (Lipinski definition) is 1. The first-order valence-electron chi connectivity index (χ1n) is 10.1. The first-order chi connectivity index (χ1) is 13.7. The molecular formula is C23H32N2O3S. The van der Waals surface area contributed by atoms with Gasteiger partial charge in [0.1, 0.15) is 0 Å². The molecular weight excluding hydrogens is 384 g/mol. The maximum Gasteiger partial charge on any atom is 0.262 e. The maximum absolute atomic E-state index is 13.3. The van der Waals surface area contributed by atoms with Gasteiger partial charge in [0.15, 0.2) is 0 Å². The summed E-state index contributed by atoms with van der Waals surface area (Å²) in [4.78, 5) is 2.67. The van der Waals surface area contributed by atoms with Crippen molar-refractivity contribution < 1.29 is 13.2 Å². The van der Waals surface area contributed by atoms with Gasteiger partial charge in [0, 0.05) is 25.9 Å². The third kappa shape index (κ3) is 4.14. The average molecular weight is 417 g/mol. The summed E-state index contributed by atoms with van der Waals surface area (Å²) >= 11 is 0. The zero-order chi connectivity index (χ0) is 21.3. The van der Waals surface area contributed by atoms with E-state index in [9.17, 15) is 8.42 Å². The number of sulfonamides is 1. The summed E-state index contributed by atoms with van der Waals surface area (Å²) in [5, 5.41) is 0. The van der Waals surface area contributed by atoms with E-state index in [0.29, 0.717) is 17.2 Å². The first-order valence-corrected chi connectivity index (χ1v) is 11.6. The zero-order valence-corrected chi connectivity index (χ0v) is 19.2. The van der Waals surface area contributed by atoms with Gasteiger partial charge in [-0.25, -0.2) is 8.42 Å². The number of fused-ring (bicyclic) bond motifs is 1. The van der Waals surface area contributed by atoms with Crippen molar-refractivity contribution in [2.45, 2.75) is 52.4 Å². The van der Waals surface area contributed by atoms with E-state index in [1.165, 1.54) is 5.56 Å². The molecule has 1 aliphatic rings. The number of rotatable bonds is 6. The van der Waals surface area contributed by atoms with Crippen molar-refractivity contribution in [3.8, 4) is 0 Å². The summed E-state index contributed by atoms with van der Waals surface area (Å²) in [6.45, 7) is 12.2. The summed E-state index contributed by atoms with van der Waals surface area (Å²) in [6, 6.07) is 5.87. The molecule has 29 heavy (non-hydrogen) atoms. The van der Waals surface area contributed by atoms with Crippen LogP contribution in [0.15, 0.2) is 23.1 Å². The van der Waals surface area contributed by atoms with Crippen LogP contribution in [0.25, 0.3) is 0 Å². The SMILES string of the molecule is COCCN1CCCc2ccc(NS(=O)(=O)c3c(C)c(C)c(C)c(C)c3C)cc21. The van der Waals surface area contributed by atoms with E-state index in [0.717, 1.165) is 59.4 Å². The minimum Gasteiger partial charge on any atom is -0.383 e. The molecule has 0 aliphatic carbocycles. The Morgan fingerprint density at radius 3 is 2.24 bits per heavy atom. The van der Waals surface area contributed by atoms with Gasteiger partial charge in [0.05, 0.1) is 17.2 Å². The molecule has 1 heterocycles. The Bertz CT molecular complexity index is 1000. The van der Waals surface area contributed by atoms with Crippen molar-refractivity contribution in [2.75, 3.05) is 36.4 Å². The summed E-state index contributed by atoms with van der Waals surface area (Å²) in [7, 11) is -1.99. The van der Waals surface area contributed by atoms with Gasteiger partial charge in [-0.05, 0) is 93.0 Å². The van der Waals surface area contributed by atoms with Crippen molar-refractivity contribution in [2.24, 2.45) is 0 Å². The number of ether oxygens (including phenoxy) is 1. The summed E-state index contributed by atoms with van der Waals surface area (Å²) in [6.07, 6.45) is 2.11. The number of benzene rings is 2. The molecule has 5 nitrogen and oxygen atoms in total. The Morgan fingerprint density at radius 1 is 1.00 bits per heavy atom. The maximum atomic E-state index is 13.3. The Labute approximate surface area is 175 Å². The van der Waals surface area contributed by atoms with Crippen LogP contribution in [0, 0.1) is 34.6 Å². The average Bonchev–Trinajstić information content (AvgIpc) is 2.68. The van der Waals surface area contributed by atoms with Crippen molar-refractivity contribution in [1.29, 1.82) is 0 Å². The summed E-state index contributed by atoms with van der Waals surface area (Å²) in [5.41, 5.74) is 7.80. The van der Waals surface area contributed by atoms with E-state index in [1.54, 1.807) is 7.11 Å². The Kier molecular flexibility index (Phi) is 6.24. The first kappa shape index (κ1) is 21.7. The second-order valence-electron chi connectivity index (χ2n) is 7.99. The molecule has 0 unspecified atom stereocenters. The van der Waals surface area contributed by atoms with E-state index < -0.39 is 10.0 Å². The third-order valence-electron chi connectivity index (χ3n) is 6.32. The van der Waals surface area contributed by atoms with E-state index in [-0.39, 0.29) is 0 Å². The standard InChI is InChI=1S/C23H32N2O3S/c1-15-16(2)18(4)23(19(5)17(15)3)29(26,27)24-21-10-9-20-8-7-11-25(12-13-28-6)22(20)14-21/h9-10,14,24H,7-8,11-13H2,1-6H3. The van der Waals surface area contributed by atoms with Gasteiger partial charge in [-0.1, -0.05) is 6.07 Å². The van der Waals surface area contributed by atoms with Gasteiger partial charge in [0.2, 0.25) is 0 Å². The second kappa shape index (κ2) is 8.36. The van der Waals surface area contributed by atoms with Gasteiger partial charge < -0.3 is 9.64 Å². The van der Waals surface area contributed by atoms with E-state index >= 15 is 0 Å². The normalized spacial score (nSPS) is 14.1. The number of methoxy groups -OCH3 is 1. The molecule has 0 bridgehead atoms. The highest BCUT2D eigenvalue weighted by Crippen LogP contribution is 2.33. The number of aryl methyl sites for hydroxylation is 1. The Hall–Kier alpha value is -2.05. The quantitative estimate of drug-likeness (QED) is 0.757. The molecule has 6 heteroatoms. The smallest absolute Gasteiger partial charge is 0.262 e. The van der Waals surface area contributed by atoms with E-state index in [4.69, 9.17) is 4.74 Å². The zero-order valence-electron chi connectivity index (χ0n) is 18.3. The van der Waals surface area contributed by atoms with Gasteiger partial charge in [0.25, 0.3) is 10.0 Å². The predicted octanol–water partition coefficient (Wildman–Crippen LogP) is 4.43. The van der Waals surface area contributed by atoms with Crippen LogP contribution < -0.4 is 9.62 Å². The molecule has 0 spiro atoms. The minimum absolute atomic E-state index is 0.395. The van der Waals surface area contributed by atoms with Crippen LogP contribution in [0.1, 0.15) is 39.8 Å². The fourth-order valence-electron chi connectivity index (χ4n) is 4.22. The number of hydrogen-bond acceptors (Lipinski definition) is 4. The topological polar surface area (TPSA) is 58.6 Å². The van der Waals surface area contributed by atoms with E-state index in [1.807, 2.05) is 52.8 Å². The Balaban J connectivity index is 1.99. The van der Waals surface area contributed by atoms with Crippen LogP contribution in [0.5, 0.6) is 0 Å². The van der Waals surface area contributed by atoms with Gasteiger partial charge in [-0.15, -0.1) is 0 Å². The highest BCUT2D eigenvalue weighted by molar-refractivity contribution is 7.92. The molecule has 0 amide bonds. The Morgan fingerprint density at radius 2 is 1.62 bits per heavy atom. The highest BCUT2D eigenvalue weighted by Gasteiger charge is 2.25. The van der Waals surface area contributed by atoms with Crippen LogP contribution in [-0.4, -0.2) is 35.2 Å². The van der Waals surface area contributed by atoms with E-state index in [2.05, 4.69) is 9.62 Å². The predicted molar refractivity (Wildman–Crippen MR) is 120 cm³/mol. The lowest BCUT2D eigenvalue weighted by atomic mass is 9.95. The lowest BCUT2D eigenvalue weighted by Gasteiger charge is -2.31. The van der Waals surface area contributed by atoms with Crippen molar-refractivity contribution in [3.05, 3.63) is 51.6 Å². The number of nitrogens with zero attached hydrogens (tertiary/aromatic N) is 1. The fourth-order valence-corrected chi connectivity index (χ4v) is 5.87. The van der Waals surface area contributed by atoms with Gasteiger partial charge in [-0.2, -0.15) is 0 Å². The second-order valence-corrected chi connectivity index (χ2v) is 9.61. The number of anilines is 2. The number of nitrogens with one attached hydrogen (secondary N) is 1. The van der Waals surface area contributed by atoms with Crippen LogP contribution >= 0.6 is 0 Å². The largest absolute Gasteiger partial charge is 0.383 e.